The van der Waals surface area contributed by atoms with Gasteiger partial charge in [-0.05, 0) is 101 Å². The van der Waals surface area contributed by atoms with Gasteiger partial charge in [0.1, 0.15) is 6.07 Å². The number of anilines is 2. The average molecular weight is 506 g/mol. The van der Waals surface area contributed by atoms with Gasteiger partial charge in [0.2, 0.25) is 0 Å². The number of aryl methyl sites for hydroxylation is 2. The van der Waals surface area contributed by atoms with Gasteiger partial charge in [-0.2, -0.15) is 5.26 Å². The molecule has 0 bridgehead atoms. The highest BCUT2D eigenvalue weighted by Gasteiger charge is 2.19. The Hall–Kier alpha value is -3.99. The van der Waals surface area contributed by atoms with Gasteiger partial charge in [0, 0.05) is 59.0 Å². The van der Waals surface area contributed by atoms with Gasteiger partial charge in [0.25, 0.3) is 0 Å². The van der Waals surface area contributed by atoms with Crippen LogP contribution in [0.25, 0.3) is 23.1 Å². The highest BCUT2D eigenvalue weighted by molar-refractivity contribution is 5.90. The van der Waals surface area contributed by atoms with Crippen LogP contribution in [0.15, 0.2) is 48.9 Å². The molecular formula is C31H35N7. The zero-order chi connectivity index (χ0) is 26.5. The second-order valence-electron chi connectivity index (χ2n) is 10.1. The van der Waals surface area contributed by atoms with Crippen LogP contribution in [0, 0.1) is 25.2 Å². The van der Waals surface area contributed by atoms with Crippen molar-refractivity contribution in [3.05, 3.63) is 82.6 Å². The summed E-state index contributed by atoms with van der Waals surface area (Å²) in [6, 6.07) is 13.3. The van der Waals surface area contributed by atoms with Gasteiger partial charge in [-0.15, -0.1) is 0 Å². The molecule has 1 aromatic carbocycles. The number of rotatable bonds is 9. The first-order valence-electron chi connectivity index (χ1n) is 13.3. The van der Waals surface area contributed by atoms with Gasteiger partial charge in [-0.3, -0.25) is 9.97 Å². The summed E-state index contributed by atoms with van der Waals surface area (Å²) < 4.78 is 0. The fourth-order valence-electron chi connectivity index (χ4n) is 5.25. The van der Waals surface area contributed by atoms with Crippen LogP contribution in [-0.4, -0.2) is 46.0 Å². The largest absolute Gasteiger partial charge is 0.361 e. The Labute approximate surface area is 224 Å². The Kier molecular flexibility index (Phi) is 7.83. The SMILES string of the molecule is Cc1ncc(C#N)c(Nc2ccc3[nH]ccc3c2C)c1/C=C/c1ccc(CNCCC2CCCN2C)cn1. The molecule has 0 amide bonds. The summed E-state index contributed by atoms with van der Waals surface area (Å²) >= 11 is 0. The van der Waals surface area contributed by atoms with Gasteiger partial charge in [0.05, 0.1) is 16.9 Å². The van der Waals surface area contributed by atoms with E-state index in [0.717, 1.165) is 57.9 Å². The molecule has 7 heteroatoms. The molecule has 0 spiro atoms. The lowest BCUT2D eigenvalue weighted by Gasteiger charge is -2.19. The third-order valence-electron chi connectivity index (χ3n) is 7.62. The quantitative estimate of drug-likeness (QED) is 0.244. The normalized spacial score (nSPS) is 15.9. The first-order valence-corrected chi connectivity index (χ1v) is 13.3. The van der Waals surface area contributed by atoms with E-state index in [1.807, 2.05) is 49.7 Å². The molecule has 1 aliphatic rings. The molecule has 5 rings (SSSR count). The molecule has 4 aromatic rings. The number of hydrogen-bond acceptors (Lipinski definition) is 6. The van der Waals surface area contributed by atoms with Crippen LogP contribution in [0.4, 0.5) is 11.4 Å². The lowest BCUT2D eigenvalue weighted by atomic mass is 10.0. The second-order valence-corrected chi connectivity index (χ2v) is 10.1. The summed E-state index contributed by atoms with van der Waals surface area (Å²) in [5.41, 5.74) is 8.18. The maximum Gasteiger partial charge on any atom is 0.103 e. The number of benzene rings is 1. The smallest absolute Gasteiger partial charge is 0.103 e. The lowest BCUT2D eigenvalue weighted by Crippen LogP contribution is -2.29. The minimum absolute atomic E-state index is 0.502. The van der Waals surface area contributed by atoms with Crippen LogP contribution in [0.5, 0.6) is 0 Å². The number of aromatic amines is 1. The maximum absolute atomic E-state index is 9.82. The van der Waals surface area contributed by atoms with Crippen LogP contribution in [-0.2, 0) is 6.54 Å². The molecular weight excluding hydrogens is 470 g/mol. The molecule has 0 radical (unpaired) electrons. The Morgan fingerprint density at radius 1 is 1.13 bits per heavy atom. The molecule has 1 atom stereocenters. The van der Waals surface area contributed by atoms with Crippen molar-refractivity contribution in [3.8, 4) is 6.07 Å². The van der Waals surface area contributed by atoms with Crippen molar-refractivity contribution in [1.29, 1.82) is 5.26 Å². The Morgan fingerprint density at radius 2 is 2.03 bits per heavy atom. The molecule has 0 aliphatic carbocycles. The topological polar surface area (TPSA) is 92.7 Å². The molecule has 1 unspecified atom stereocenters. The third-order valence-corrected chi connectivity index (χ3v) is 7.62. The van der Waals surface area contributed by atoms with Crippen molar-refractivity contribution in [2.75, 3.05) is 25.5 Å². The number of hydrogen-bond donors (Lipinski definition) is 3. The van der Waals surface area contributed by atoms with Gasteiger partial charge in [-0.25, -0.2) is 0 Å². The minimum Gasteiger partial charge on any atom is -0.361 e. The number of nitrogens with zero attached hydrogens (tertiary/aromatic N) is 4. The van der Waals surface area contributed by atoms with E-state index in [0.29, 0.717) is 11.6 Å². The number of aromatic nitrogens is 3. The number of nitriles is 1. The monoisotopic (exact) mass is 505 g/mol. The maximum atomic E-state index is 9.82. The molecule has 4 heterocycles. The van der Waals surface area contributed by atoms with Crippen LogP contribution >= 0.6 is 0 Å². The molecule has 3 N–H and O–H groups in total. The Bertz CT molecular complexity index is 1480. The zero-order valence-electron chi connectivity index (χ0n) is 22.4. The van der Waals surface area contributed by atoms with Crippen molar-refractivity contribution in [3.63, 3.8) is 0 Å². The van der Waals surface area contributed by atoms with E-state index in [4.69, 9.17) is 0 Å². The van der Waals surface area contributed by atoms with Crippen molar-refractivity contribution in [2.45, 2.75) is 45.7 Å². The van der Waals surface area contributed by atoms with Crippen molar-refractivity contribution >= 4 is 34.4 Å². The number of pyridine rings is 2. The van der Waals surface area contributed by atoms with Gasteiger partial charge in [-0.1, -0.05) is 6.07 Å². The standard InChI is InChI=1S/C31H35N7/c1-21-27-13-15-34-30(27)11-10-29(21)37-31-24(17-32)20-35-22(2)28(31)9-8-25-7-6-23(19-36-25)18-33-14-12-26-5-4-16-38(26)3/h6-11,13,15,19-20,26,33-34H,4-5,12,14,16,18H2,1-3H3,(H,35,37)/b9-8+. The first kappa shape index (κ1) is 25.7. The molecule has 194 valence electrons. The summed E-state index contributed by atoms with van der Waals surface area (Å²) in [7, 11) is 2.23. The number of fused-ring (bicyclic) bond motifs is 1. The van der Waals surface area contributed by atoms with Crippen molar-refractivity contribution in [1.82, 2.24) is 25.2 Å². The van der Waals surface area contributed by atoms with Gasteiger partial charge >= 0.3 is 0 Å². The summed E-state index contributed by atoms with van der Waals surface area (Å²) in [6.07, 6.45) is 13.3. The van der Waals surface area contributed by atoms with Gasteiger partial charge in [0.15, 0.2) is 0 Å². The third kappa shape index (κ3) is 5.62. The predicted octanol–water partition coefficient (Wildman–Crippen LogP) is 5.93. The second kappa shape index (κ2) is 11.6. The summed E-state index contributed by atoms with van der Waals surface area (Å²) in [4.78, 5) is 14.8. The molecule has 7 nitrogen and oxygen atoms in total. The van der Waals surface area contributed by atoms with E-state index in [1.165, 1.54) is 31.4 Å². The molecule has 38 heavy (non-hydrogen) atoms. The van der Waals surface area contributed by atoms with Crippen LogP contribution in [0.3, 0.4) is 0 Å². The van der Waals surface area contributed by atoms with Crippen LogP contribution < -0.4 is 10.6 Å². The summed E-state index contributed by atoms with van der Waals surface area (Å²) in [5, 5.41) is 18.1. The van der Waals surface area contributed by atoms with E-state index in [-0.39, 0.29) is 0 Å². The van der Waals surface area contributed by atoms with Crippen LogP contribution in [0.2, 0.25) is 0 Å². The highest BCUT2D eigenvalue weighted by Crippen LogP contribution is 2.32. The predicted molar refractivity (Wildman–Crippen MR) is 155 cm³/mol. The lowest BCUT2D eigenvalue weighted by molar-refractivity contribution is 0.293. The first-order chi connectivity index (χ1) is 18.5. The summed E-state index contributed by atoms with van der Waals surface area (Å²) in [5.74, 6) is 0. The van der Waals surface area contributed by atoms with E-state index < -0.39 is 0 Å². The molecule has 3 aromatic heterocycles. The van der Waals surface area contributed by atoms with E-state index in [2.05, 4.69) is 62.7 Å². The summed E-state index contributed by atoms with van der Waals surface area (Å²) in [6.45, 7) is 7.10. The fraction of sp³-hybridized carbons (Fsp3) is 0.323. The van der Waals surface area contributed by atoms with Gasteiger partial charge < -0.3 is 20.5 Å². The Morgan fingerprint density at radius 3 is 2.79 bits per heavy atom. The van der Waals surface area contributed by atoms with E-state index >= 15 is 0 Å². The Balaban J connectivity index is 1.29. The number of likely N-dealkylation sites (tertiary alicyclic amines) is 1. The molecule has 1 fully saturated rings. The molecule has 1 aliphatic heterocycles. The molecule has 0 saturated carbocycles. The van der Waals surface area contributed by atoms with E-state index in [1.54, 1.807) is 6.20 Å². The zero-order valence-corrected chi connectivity index (χ0v) is 22.4. The molecule has 1 saturated heterocycles. The minimum atomic E-state index is 0.502. The average Bonchev–Trinajstić information content (AvgIpc) is 3.58. The van der Waals surface area contributed by atoms with Crippen molar-refractivity contribution in [2.24, 2.45) is 0 Å². The van der Waals surface area contributed by atoms with Crippen molar-refractivity contribution < 1.29 is 0 Å². The fourth-order valence-corrected chi connectivity index (χ4v) is 5.25. The number of nitrogens with one attached hydrogen (secondary N) is 3. The van der Waals surface area contributed by atoms with E-state index in [9.17, 15) is 5.26 Å². The van der Waals surface area contributed by atoms with Crippen LogP contribution in [0.1, 0.15) is 52.9 Å². The number of H-pyrrole nitrogens is 1. The highest BCUT2D eigenvalue weighted by atomic mass is 15.1.